The second-order valence-electron chi connectivity index (χ2n) is 6.75. The first kappa shape index (κ1) is 17.1. The van der Waals surface area contributed by atoms with E-state index >= 15 is 0 Å². The molecule has 0 radical (unpaired) electrons. The molecule has 2 aromatic rings. The second kappa shape index (κ2) is 6.67. The van der Waals surface area contributed by atoms with Crippen LogP contribution in [0.4, 0.5) is 10.1 Å². The molecule has 0 saturated heterocycles. The van der Waals surface area contributed by atoms with Crippen LogP contribution in [-0.4, -0.2) is 37.4 Å². The number of hydrogen-bond acceptors (Lipinski definition) is 2. The SMILES string of the molecule is CC1Cc2cccc(F)c2N(C(=O)c2cccc(C(=O)N(C)C)c2)C1. The van der Waals surface area contributed by atoms with Crippen molar-refractivity contribution in [2.75, 3.05) is 25.5 Å². The summed E-state index contributed by atoms with van der Waals surface area (Å²) in [5, 5.41) is 0. The molecule has 0 aliphatic carbocycles. The van der Waals surface area contributed by atoms with Gasteiger partial charge >= 0.3 is 0 Å². The highest BCUT2D eigenvalue weighted by molar-refractivity contribution is 6.08. The normalized spacial score (nSPS) is 16.3. The van der Waals surface area contributed by atoms with Gasteiger partial charge in [0.25, 0.3) is 11.8 Å². The fourth-order valence-corrected chi connectivity index (χ4v) is 3.25. The Morgan fingerprint density at radius 1 is 1.12 bits per heavy atom. The van der Waals surface area contributed by atoms with Gasteiger partial charge in [-0.05, 0) is 42.2 Å². The Labute approximate surface area is 146 Å². The first-order valence-electron chi connectivity index (χ1n) is 8.29. The van der Waals surface area contributed by atoms with Crippen molar-refractivity contribution in [3.05, 3.63) is 65.0 Å². The van der Waals surface area contributed by atoms with Crippen molar-refractivity contribution in [2.45, 2.75) is 13.3 Å². The van der Waals surface area contributed by atoms with Gasteiger partial charge in [0.2, 0.25) is 0 Å². The zero-order valence-electron chi connectivity index (χ0n) is 14.6. The molecule has 130 valence electrons. The summed E-state index contributed by atoms with van der Waals surface area (Å²) >= 11 is 0. The summed E-state index contributed by atoms with van der Waals surface area (Å²) in [7, 11) is 3.32. The van der Waals surface area contributed by atoms with E-state index in [1.165, 1.54) is 15.9 Å². The third-order valence-corrected chi connectivity index (χ3v) is 4.41. The Morgan fingerprint density at radius 3 is 2.52 bits per heavy atom. The number of hydrogen-bond donors (Lipinski definition) is 0. The Morgan fingerprint density at radius 2 is 1.80 bits per heavy atom. The van der Waals surface area contributed by atoms with Crippen LogP contribution in [0.5, 0.6) is 0 Å². The van der Waals surface area contributed by atoms with E-state index in [0.717, 1.165) is 12.0 Å². The quantitative estimate of drug-likeness (QED) is 0.841. The minimum atomic E-state index is -0.390. The summed E-state index contributed by atoms with van der Waals surface area (Å²) in [6.07, 6.45) is 0.746. The van der Waals surface area contributed by atoms with Gasteiger partial charge in [0, 0.05) is 31.8 Å². The van der Waals surface area contributed by atoms with Gasteiger partial charge in [-0.3, -0.25) is 9.59 Å². The standard InChI is InChI=1S/C20H21FN2O2/c1-13-10-14-6-5-9-17(21)18(14)23(12-13)20(25)16-8-4-7-15(11-16)19(24)22(2)3/h4-9,11,13H,10,12H2,1-3H3. The molecule has 1 atom stereocenters. The monoisotopic (exact) mass is 340 g/mol. The highest BCUT2D eigenvalue weighted by Crippen LogP contribution is 2.33. The van der Waals surface area contributed by atoms with Crippen LogP contribution in [0, 0.1) is 11.7 Å². The van der Waals surface area contributed by atoms with Crippen LogP contribution in [0.2, 0.25) is 0 Å². The Kier molecular flexibility index (Phi) is 4.57. The van der Waals surface area contributed by atoms with E-state index < -0.39 is 5.82 Å². The van der Waals surface area contributed by atoms with E-state index in [0.29, 0.717) is 23.4 Å². The molecule has 1 unspecified atom stereocenters. The molecule has 0 N–H and O–H groups in total. The topological polar surface area (TPSA) is 40.6 Å². The average molecular weight is 340 g/mol. The molecule has 0 fully saturated rings. The van der Waals surface area contributed by atoms with Gasteiger partial charge in [-0.15, -0.1) is 0 Å². The average Bonchev–Trinajstić information content (AvgIpc) is 2.59. The van der Waals surface area contributed by atoms with Gasteiger partial charge in [-0.1, -0.05) is 25.1 Å². The predicted octanol–water partition coefficient (Wildman–Crippen LogP) is 3.37. The largest absolute Gasteiger partial charge is 0.345 e. The van der Waals surface area contributed by atoms with Gasteiger partial charge in [0.05, 0.1) is 5.69 Å². The number of halogens is 1. The highest BCUT2D eigenvalue weighted by atomic mass is 19.1. The zero-order valence-corrected chi connectivity index (χ0v) is 14.6. The third kappa shape index (κ3) is 3.27. The molecule has 0 spiro atoms. The van der Waals surface area contributed by atoms with E-state index in [-0.39, 0.29) is 17.7 Å². The van der Waals surface area contributed by atoms with Crippen molar-refractivity contribution in [2.24, 2.45) is 5.92 Å². The van der Waals surface area contributed by atoms with Crippen molar-refractivity contribution in [3.8, 4) is 0 Å². The summed E-state index contributed by atoms with van der Waals surface area (Å²) in [6, 6.07) is 11.5. The number of anilines is 1. The summed E-state index contributed by atoms with van der Waals surface area (Å²) in [5.74, 6) is -0.609. The van der Waals surface area contributed by atoms with Crippen LogP contribution in [0.1, 0.15) is 33.2 Å². The molecule has 0 bridgehead atoms. The van der Waals surface area contributed by atoms with E-state index in [4.69, 9.17) is 0 Å². The number of carbonyl (C=O) groups excluding carboxylic acids is 2. The van der Waals surface area contributed by atoms with Crippen LogP contribution in [-0.2, 0) is 6.42 Å². The van der Waals surface area contributed by atoms with Crippen LogP contribution in [0.15, 0.2) is 42.5 Å². The summed E-state index contributed by atoms with van der Waals surface area (Å²) in [5.41, 5.74) is 2.02. The van der Waals surface area contributed by atoms with E-state index in [1.54, 1.807) is 44.4 Å². The molecule has 5 heteroatoms. The lowest BCUT2D eigenvalue weighted by Gasteiger charge is -2.33. The Hall–Kier alpha value is -2.69. The van der Waals surface area contributed by atoms with Gasteiger partial charge in [0.1, 0.15) is 5.82 Å². The van der Waals surface area contributed by atoms with Crippen LogP contribution < -0.4 is 4.90 Å². The number of benzene rings is 2. The smallest absolute Gasteiger partial charge is 0.258 e. The van der Waals surface area contributed by atoms with Gasteiger partial charge in [-0.2, -0.15) is 0 Å². The van der Waals surface area contributed by atoms with E-state index in [2.05, 4.69) is 0 Å². The number of nitrogens with zero attached hydrogens (tertiary/aromatic N) is 2. The highest BCUT2D eigenvalue weighted by Gasteiger charge is 2.29. The molecule has 0 aromatic heterocycles. The minimum Gasteiger partial charge on any atom is -0.345 e. The van der Waals surface area contributed by atoms with Gasteiger partial charge in [-0.25, -0.2) is 4.39 Å². The predicted molar refractivity (Wildman–Crippen MR) is 95.4 cm³/mol. The van der Waals surface area contributed by atoms with Crippen LogP contribution in [0.3, 0.4) is 0 Å². The summed E-state index contributed by atoms with van der Waals surface area (Å²) in [4.78, 5) is 28.1. The fourth-order valence-electron chi connectivity index (χ4n) is 3.25. The lowest BCUT2D eigenvalue weighted by molar-refractivity contribution is 0.0827. The number of amides is 2. The van der Waals surface area contributed by atoms with Crippen molar-refractivity contribution in [1.82, 2.24) is 4.90 Å². The maximum atomic E-state index is 14.4. The third-order valence-electron chi connectivity index (χ3n) is 4.41. The van der Waals surface area contributed by atoms with Crippen molar-refractivity contribution >= 4 is 17.5 Å². The Balaban J connectivity index is 2.00. The molecule has 1 aliphatic rings. The molecule has 2 aromatic carbocycles. The molecular formula is C20H21FN2O2. The molecular weight excluding hydrogens is 319 g/mol. The van der Waals surface area contributed by atoms with Gasteiger partial charge in [0.15, 0.2) is 0 Å². The molecule has 2 amide bonds. The number of fused-ring (bicyclic) bond motifs is 1. The van der Waals surface area contributed by atoms with E-state index in [1.807, 2.05) is 13.0 Å². The van der Waals surface area contributed by atoms with Crippen molar-refractivity contribution in [3.63, 3.8) is 0 Å². The molecule has 25 heavy (non-hydrogen) atoms. The molecule has 1 aliphatic heterocycles. The summed E-state index contributed by atoms with van der Waals surface area (Å²) in [6.45, 7) is 2.50. The molecule has 1 heterocycles. The number of rotatable bonds is 2. The maximum Gasteiger partial charge on any atom is 0.258 e. The molecule has 4 nitrogen and oxygen atoms in total. The molecule has 0 saturated carbocycles. The van der Waals surface area contributed by atoms with Crippen molar-refractivity contribution < 1.29 is 14.0 Å². The van der Waals surface area contributed by atoms with Gasteiger partial charge < -0.3 is 9.80 Å². The number of carbonyl (C=O) groups is 2. The summed E-state index contributed by atoms with van der Waals surface area (Å²) < 4.78 is 14.4. The Bertz CT molecular complexity index is 832. The van der Waals surface area contributed by atoms with Crippen LogP contribution >= 0.6 is 0 Å². The molecule has 3 rings (SSSR count). The minimum absolute atomic E-state index is 0.173. The zero-order chi connectivity index (χ0) is 18.1. The second-order valence-corrected chi connectivity index (χ2v) is 6.75. The van der Waals surface area contributed by atoms with Crippen molar-refractivity contribution in [1.29, 1.82) is 0 Å². The maximum absolute atomic E-state index is 14.4. The lowest BCUT2D eigenvalue weighted by atomic mass is 9.93. The first-order valence-corrected chi connectivity index (χ1v) is 8.29. The van der Waals surface area contributed by atoms with E-state index in [9.17, 15) is 14.0 Å². The number of para-hydroxylation sites is 1. The first-order chi connectivity index (χ1) is 11.9. The lowest BCUT2D eigenvalue weighted by Crippen LogP contribution is -2.40. The fraction of sp³-hybridized carbons (Fsp3) is 0.300. The van der Waals surface area contributed by atoms with Crippen LogP contribution in [0.25, 0.3) is 0 Å².